The highest BCUT2D eigenvalue weighted by Crippen LogP contribution is 2.31. The van der Waals surface area contributed by atoms with Gasteiger partial charge in [-0.1, -0.05) is 51.1 Å². The molecule has 212 valence electrons. The lowest BCUT2D eigenvalue weighted by molar-refractivity contribution is 1.24. The zero-order chi connectivity index (χ0) is 30.8. The van der Waals surface area contributed by atoms with Crippen LogP contribution in [0.15, 0.2) is 56.6 Å². The minimum Gasteiger partial charge on any atom is -0.263 e. The van der Waals surface area contributed by atoms with Crippen LogP contribution in [0.3, 0.4) is 0 Å². The second-order valence-electron chi connectivity index (χ2n) is 11.6. The molecule has 0 bridgehead atoms. The van der Waals surface area contributed by atoms with Gasteiger partial charge in [0.1, 0.15) is 16.1 Å². The van der Waals surface area contributed by atoms with Crippen LogP contribution < -0.4 is 0 Å². The maximum Gasteiger partial charge on any atom is 0.129 e. The van der Waals surface area contributed by atoms with Gasteiger partial charge >= 0.3 is 0 Å². The van der Waals surface area contributed by atoms with E-state index in [2.05, 4.69) is 108 Å². The molecule has 0 unspecified atom stereocenters. The Hall–Kier alpha value is -3.95. The van der Waals surface area contributed by atoms with Gasteiger partial charge in [-0.05, 0) is 15.9 Å². The molecule has 42 heavy (non-hydrogen) atoms. The Balaban J connectivity index is 0.000000161. The first-order valence-electron chi connectivity index (χ1n) is 13.5. The van der Waals surface area contributed by atoms with Crippen molar-refractivity contribution in [3.8, 4) is 35.8 Å². The standard InChI is InChI=1S/C12H14N2Si.C9H6N2.C7H5BrN2.C5H10Si/c1-15(2,3)7-5-11-9-13-8-10-4-6-14-12(10)11;1-2-7-5-10-6-8-3-4-11-9(7)8;8-6-4-9-3-5-1-2-10-7(5)6;1-5-6(2,3)4/h6,8-9H,4H2,1-3H3;1,4-6H,3H2;2-4H,1H2;1H,2-4H3. The Kier molecular flexibility index (Phi) is 11.5. The van der Waals surface area contributed by atoms with E-state index in [9.17, 15) is 0 Å². The molecule has 6 rings (SSSR count). The number of fused-ring (bicyclic) bond motifs is 3. The van der Waals surface area contributed by atoms with Crippen LogP contribution in [0.2, 0.25) is 39.3 Å². The maximum atomic E-state index is 5.26. The van der Waals surface area contributed by atoms with E-state index >= 15 is 0 Å². The summed E-state index contributed by atoms with van der Waals surface area (Å²) in [6, 6.07) is 0. The van der Waals surface area contributed by atoms with Gasteiger partial charge in [-0.25, -0.2) is 0 Å². The second-order valence-corrected chi connectivity index (χ2v) is 22.0. The van der Waals surface area contributed by atoms with Crippen molar-refractivity contribution in [3.63, 3.8) is 0 Å². The van der Waals surface area contributed by atoms with Crippen LogP contribution in [-0.2, 0) is 19.3 Å². The molecule has 0 N–H and O–H groups in total. The zero-order valence-corrected chi connectivity index (χ0v) is 28.6. The van der Waals surface area contributed by atoms with Crippen molar-refractivity contribution in [1.82, 2.24) is 15.0 Å². The molecule has 0 saturated heterocycles. The summed E-state index contributed by atoms with van der Waals surface area (Å²) in [7, 11) is -2.42. The van der Waals surface area contributed by atoms with Crippen molar-refractivity contribution < 1.29 is 0 Å². The number of hydrogen-bond donors (Lipinski definition) is 0. The smallest absolute Gasteiger partial charge is 0.129 e. The predicted molar refractivity (Wildman–Crippen MR) is 186 cm³/mol. The van der Waals surface area contributed by atoms with Crippen molar-refractivity contribution in [2.24, 2.45) is 15.0 Å². The molecule has 0 spiro atoms. The lowest BCUT2D eigenvalue weighted by atomic mass is 10.1. The van der Waals surface area contributed by atoms with Crippen LogP contribution in [0.5, 0.6) is 0 Å². The molecule has 0 radical (unpaired) electrons. The number of nitrogens with zero attached hydrogens (tertiary/aromatic N) is 6. The molecule has 3 aliphatic heterocycles. The summed E-state index contributed by atoms with van der Waals surface area (Å²) in [5.41, 5.74) is 14.4. The molecular formula is C33H35BrN6Si2. The van der Waals surface area contributed by atoms with E-state index in [4.69, 9.17) is 12.8 Å². The molecule has 0 saturated carbocycles. The summed E-state index contributed by atoms with van der Waals surface area (Å²) < 4.78 is 0.985. The Morgan fingerprint density at radius 2 is 1.05 bits per heavy atom. The van der Waals surface area contributed by atoms with E-state index < -0.39 is 16.1 Å². The third-order valence-electron chi connectivity index (χ3n) is 5.69. The molecule has 0 atom stereocenters. The van der Waals surface area contributed by atoms with Crippen molar-refractivity contribution >= 4 is 67.8 Å². The van der Waals surface area contributed by atoms with Gasteiger partial charge in [-0.2, -0.15) is 0 Å². The van der Waals surface area contributed by atoms with Crippen LogP contribution >= 0.6 is 15.9 Å². The van der Waals surface area contributed by atoms with E-state index in [1.165, 1.54) is 11.1 Å². The first kappa shape index (κ1) is 32.6. The van der Waals surface area contributed by atoms with Gasteiger partial charge in [0.2, 0.25) is 0 Å². The molecule has 0 fully saturated rings. The molecule has 0 amide bonds. The number of aromatic nitrogens is 3. The highest BCUT2D eigenvalue weighted by molar-refractivity contribution is 9.10. The van der Waals surface area contributed by atoms with E-state index in [-0.39, 0.29) is 0 Å². The number of hydrogen-bond acceptors (Lipinski definition) is 6. The number of halogens is 1. The SMILES string of the molecule is Brc1cncc2c1N=CC2.C#C[Si](C)(C)C.C#Cc1cncc2c1N=CC2.C[Si](C)(C)C#Cc1cncc2c1N=CC2. The van der Waals surface area contributed by atoms with Gasteiger partial charge in [0.15, 0.2) is 0 Å². The molecule has 3 aromatic heterocycles. The largest absolute Gasteiger partial charge is 0.263 e. The summed E-state index contributed by atoms with van der Waals surface area (Å²) >= 11 is 3.37. The fraction of sp³-hybridized carbons (Fsp3) is 0.273. The van der Waals surface area contributed by atoms with Gasteiger partial charge in [-0.3, -0.25) is 29.9 Å². The Labute approximate surface area is 260 Å². The maximum absolute atomic E-state index is 5.26. The van der Waals surface area contributed by atoms with Gasteiger partial charge in [0, 0.05) is 91.8 Å². The van der Waals surface area contributed by atoms with Crippen LogP contribution in [0, 0.1) is 35.8 Å². The topological polar surface area (TPSA) is 75.8 Å². The van der Waals surface area contributed by atoms with Crippen LogP contribution in [-0.4, -0.2) is 49.7 Å². The van der Waals surface area contributed by atoms with Crippen LogP contribution in [0.4, 0.5) is 17.1 Å². The quantitative estimate of drug-likeness (QED) is 0.187. The molecule has 9 heteroatoms. The average molecular weight is 652 g/mol. The molecule has 3 aliphatic rings. The lowest BCUT2D eigenvalue weighted by Crippen LogP contribution is -2.16. The molecule has 0 aromatic carbocycles. The Morgan fingerprint density at radius 1 is 0.619 bits per heavy atom. The van der Waals surface area contributed by atoms with E-state index in [0.717, 1.165) is 57.5 Å². The first-order chi connectivity index (χ1) is 19.9. The summed E-state index contributed by atoms with van der Waals surface area (Å²) in [6.45, 7) is 13.1. The molecule has 3 aromatic rings. The van der Waals surface area contributed by atoms with Crippen molar-refractivity contribution in [2.45, 2.75) is 58.5 Å². The highest BCUT2D eigenvalue weighted by atomic mass is 79.9. The summed E-state index contributed by atoms with van der Waals surface area (Å²) in [5, 5.41) is 0. The van der Waals surface area contributed by atoms with Crippen molar-refractivity contribution in [1.29, 1.82) is 0 Å². The summed E-state index contributed by atoms with van der Waals surface area (Å²) in [5.74, 6) is 5.77. The monoisotopic (exact) mass is 650 g/mol. The number of terminal acetylenes is 2. The van der Waals surface area contributed by atoms with Gasteiger partial charge in [0.25, 0.3) is 0 Å². The van der Waals surface area contributed by atoms with Crippen LogP contribution in [0.25, 0.3) is 0 Å². The van der Waals surface area contributed by atoms with E-state index in [0.29, 0.717) is 0 Å². The fourth-order valence-corrected chi connectivity index (χ4v) is 4.50. The third kappa shape index (κ3) is 9.85. The highest BCUT2D eigenvalue weighted by Gasteiger charge is 2.12. The Bertz CT molecular complexity index is 1670. The third-order valence-corrected chi connectivity index (χ3v) is 8.01. The summed E-state index contributed by atoms with van der Waals surface area (Å²) in [4.78, 5) is 24.9. The molecular weight excluding hydrogens is 616 g/mol. The average Bonchev–Trinajstić information content (AvgIpc) is 3.73. The van der Waals surface area contributed by atoms with Gasteiger partial charge in [0.05, 0.1) is 32.7 Å². The van der Waals surface area contributed by atoms with E-state index in [1.807, 2.05) is 43.4 Å². The first-order valence-corrected chi connectivity index (χ1v) is 21.3. The molecule has 0 aliphatic carbocycles. The minimum absolute atomic E-state index is 0.788. The zero-order valence-electron chi connectivity index (χ0n) is 25.0. The number of rotatable bonds is 0. The number of pyridine rings is 3. The second kappa shape index (κ2) is 14.8. The summed E-state index contributed by atoms with van der Waals surface area (Å²) in [6.07, 6.45) is 29.5. The van der Waals surface area contributed by atoms with Crippen molar-refractivity contribution in [2.75, 3.05) is 0 Å². The lowest BCUT2D eigenvalue weighted by Gasteiger charge is -2.04. The van der Waals surface area contributed by atoms with Crippen LogP contribution in [0.1, 0.15) is 27.8 Å². The minimum atomic E-state index is -1.31. The normalized spacial score (nSPS) is 12.8. The fourth-order valence-electron chi connectivity index (χ4n) is 3.52. The number of aliphatic imine (C=N–C) groups is 3. The van der Waals surface area contributed by atoms with E-state index in [1.54, 1.807) is 12.4 Å². The van der Waals surface area contributed by atoms with Crippen molar-refractivity contribution in [3.05, 3.63) is 69.5 Å². The van der Waals surface area contributed by atoms with Gasteiger partial charge in [-0.15, -0.1) is 23.9 Å². The molecule has 6 heterocycles. The molecule has 6 nitrogen and oxygen atoms in total. The Morgan fingerprint density at radius 3 is 1.50 bits per heavy atom. The predicted octanol–water partition coefficient (Wildman–Crippen LogP) is 7.49. The van der Waals surface area contributed by atoms with Gasteiger partial charge < -0.3 is 0 Å².